The maximum absolute atomic E-state index is 12.0. The molecule has 102 valence electrons. The lowest BCUT2D eigenvalue weighted by molar-refractivity contribution is 0.166. The molecule has 18 heavy (non-hydrogen) atoms. The van der Waals surface area contributed by atoms with Crippen molar-refractivity contribution in [1.29, 1.82) is 0 Å². The summed E-state index contributed by atoms with van der Waals surface area (Å²) in [6.07, 6.45) is 6.23. The Morgan fingerprint density at radius 2 is 2.28 bits per heavy atom. The molecule has 1 aromatic rings. The van der Waals surface area contributed by atoms with Crippen molar-refractivity contribution < 1.29 is 8.42 Å². The van der Waals surface area contributed by atoms with E-state index in [1.807, 2.05) is 0 Å². The van der Waals surface area contributed by atoms with Gasteiger partial charge in [0.25, 0.3) is 0 Å². The molecule has 0 amide bonds. The molecule has 0 bridgehead atoms. The SMILES string of the molecule is CC1(CNS(=O)(=O)c2cnn(CCN)c2)CCC1. The molecule has 3 N–H and O–H groups in total. The average Bonchev–Trinajstić information content (AvgIpc) is 2.74. The molecule has 1 aromatic heterocycles. The Labute approximate surface area is 108 Å². The van der Waals surface area contributed by atoms with E-state index in [9.17, 15) is 8.42 Å². The van der Waals surface area contributed by atoms with Crippen molar-refractivity contribution in [2.45, 2.75) is 37.6 Å². The molecule has 1 aliphatic carbocycles. The Morgan fingerprint density at radius 3 is 2.83 bits per heavy atom. The van der Waals surface area contributed by atoms with E-state index in [2.05, 4.69) is 16.7 Å². The molecule has 6 nitrogen and oxygen atoms in total. The predicted molar refractivity (Wildman–Crippen MR) is 68.4 cm³/mol. The van der Waals surface area contributed by atoms with Gasteiger partial charge in [-0.15, -0.1) is 0 Å². The molecule has 0 aromatic carbocycles. The monoisotopic (exact) mass is 272 g/mol. The van der Waals surface area contributed by atoms with Gasteiger partial charge in [-0.25, -0.2) is 13.1 Å². The standard InChI is InChI=1S/C11H20N4O2S/c1-11(3-2-4-11)9-14-18(16,17)10-7-13-15(8-10)6-5-12/h7-8,14H,2-6,9,12H2,1H3. The second-order valence-corrected chi connectivity index (χ2v) is 6.98. The molecule has 0 radical (unpaired) electrons. The molecule has 1 heterocycles. The van der Waals surface area contributed by atoms with Crippen molar-refractivity contribution >= 4 is 10.0 Å². The summed E-state index contributed by atoms with van der Waals surface area (Å²) in [6, 6.07) is 0. The minimum absolute atomic E-state index is 0.125. The van der Waals surface area contributed by atoms with E-state index < -0.39 is 10.0 Å². The van der Waals surface area contributed by atoms with Gasteiger partial charge in [0.15, 0.2) is 0 Å². The zero-order valence-corrected chi connectivity index (χ0v) is 11.4. The van der Waals surface area contributed by atoms with Gasteiger partial charge in [0.1, 0.15) is 4.90 Å². The second-order valence-electron chi connectivity index (χ2n) is 5.22. The van der Waals surface area contributed by atoms with Gasteiger partial charge in [-0.2, -0.15) is 5.10 Å². The third-order valence-corrected chi connectivity index (χ3v) is 4.88. The minimum Gasteiger partial charge on any atom is -0.329 e. The van der Waals surface area contributed by atoms with E-state index >= 15 is 0 Å². The van der Waals surface area contributed by atoms with Gasteiger partial charge in [0.2, 0.25) is 10.0 Å². The summed E-state index contributed by atoms with van der Waals surface area (Å²) in [4.78, 5) is 0.207. The maximum atomic E-state index is 12.0. The first kappa shape index (κ1) is 13.5. The van der Waals surface area contributed by atoms with Crippen LogP contribution in [0.2, 0.25) is 0 Å². The van der Waals surface area contributed by atoms with Crippen LogP contribution in [-0.4, -0.2) is 31.3 Å². The van der Waals surface area contributed by atoms with Gasteiger partial charge < -0.3 is 5.73 Å². The van der Waals surface area contributed by atoms with Gasteiger partial charge in [0.05, 0.1) is 12.7 Å². The number of nitrogens with zero attached hydrogens (tertiary/aromatic N) is 2. The maximum Gasteiger partial charge on any atom is 0.243 e. The number of nitrogens with one attached hydrogen (secondary N) is 1. The molecule has 2 rings (SSSR count). The van der Waals surface area contributed by atoms with Crippen molar-refractivity contribution in [3.05, 3.63) is 12.4 Å². The smallest absolute Gasteiger partial charge is 0.243 e. The van der Waals surface area contributed by atoms with Crippen LogP contribution in [0.25, 0.3) is 0 Å². The Balaban J connectivity index is 2.00. The molecule has 0 saturated heterocycles. The number of sulfonamides is 1. The zero-order valence-electron chi connectivity index (χ0n) is 10.6. The normalized spacial score (nSPS) is 18.6. The highest BCUT2D eigenvalue weighted by Crippen LogP contribution is 2.39. The molecule has 0 spiro atoms. The highest BCUT2D eigenvalue weighted by Gasteiger charge is 2.33. The molecule has 1 aliphatic rings. The zero-order chi connectivity index (χ0) is 13.2. The van der Waals surface area contributed by atoms with E-state index in [1.54, 1.807) is 4.68 Å². The molecule has 0 aliphatic heterocycles. The lowest BCUT2D eigenvalue weighted by Crippen LogP contribution is -2.39. The summed E-state index contributed by atoms with van der Waals surface area (Å²) in [5.41, 5.74) is 5.52. The van der Waals surface area contributed by atoms with Gasteiger partial charge >= 0.3 is 0 Å². The Bertz CT molecular complexity index is 505. The number of aromatic nitrogens is 2. The quantitative estimate of drug-likeness (QED) is 0.780. The third-order valence-electron chi connectivity index (χ3n) is 3.53. The molecule has 7 heteroatoms. The van der Waals surface area contributed by atoms with E-state index in [0.29, 0.717) is 19.6 Å². The molecular formula is C11H20N4O2S. The summed E-state index contributed by atoms with van der Waals surface area (Å²) in [5.74, 6) is 0. The predicted octanol–water partition coefficient (Wildman–Crippen LogP) is 0.310. The highest BCUT2D eigenvalue weighted by molar-refractivity contribution is 7.89. The van der Waals surface area contributed by atoms with Crippen LogP contribution in [0.3, 0.4) is 0 Å². The van der Waals surface area contributed by atoms with Crippen molar-refractivity contribution in [2.75, 3.05) is 13.1 Å². The average molecular weight is 272 g/mol. The van der Waals surface area contributed by atoms with Crippen LogP contribution in [-0.2, 0) is 16.6 Å². The first-order valence-corrected chi connectivity index (χ1v) is 7.66. The summed E-state index contributed by atoms with van der Waals surface area (Å²) < 4.78 is 28.3. The third kappa shape index (κ3) is 2.90. The van der Waals surface area contributed by atoms with Gasteiger partial charge in [-0.05, 0) is 18.3 Å². The number of rotatable bonds is 6. The fourth-order valence-corrected chi connectivity index (χ4v) is 3.20. The van der Waals surface area contributed by atoms with E-state index in [1.165, 1.54) is 18.8 Å². The van der Waals surface area contributed by atoms with Crippen LogP contribution in [0, 0.1) is 5.41 Å². The van der Waals surface area contributed by atoms with E-state index in [-0.39, 0.29) is 10.3 Å². The van der Waals surface area contributed by atoms with Crippen LogP contribution < -0.4 is 10.5 Å². The first-order valence-electron chi connectivity index (χ1n) is 6.17. The van der Waals surface area contributed by atoms with Crippen molar-refractivity contribution in [2.24, 2.45) is 11.1 Å². The van der Waals surface area contributed by atoms with Crippen LogP contribution in [0.1, 0.15) is 26.2 Å². The molecule has 0 unspecified atom stereocenters. The van der Waals surface area contributed by atoms with Crippen LogP contribution in [0.5, 0.6) is 0 Å². The Kier molecular flexibility index (Phi) is 3.74. The molecule has 1 saturated carbocycles. The van der Waals surface area contributed by atoms with Gasteiger partial charge in [-0.3, -0.25) is 4.68 Å². The van der Waals surface area contributed by atoms with Crippen molar-refractivity contribution in [3.63, 3.8) is 0 Å². The summed E-state index contributed by atoms with van der Waals surface area (Å²) in [7, 11) is -3.44. The minimum atomic E-state index is -3.44. The first-order chi connectivity index (χ1) is 8.45. The van der Waals surface area contributed by atoms with Crippen LogP contribution >= 0.6 is 0 Å². The van der Waals surface area contributed by atoms with Gasteiger partial charge in [-0.1, -0.05) is 13.3 Å². The van der Waals surface area contributed by atoms with E-state index in [4.69, 9.17) is 5.73 Å². The topological polar surface area (TPSA) is 90.0 Å². The van der Waals surface area contributed by atoms with Gasteiger partial charge in [0, 0.05) is 19.3 Å². The van der Waals surface area contributed by atoms with Crippen LogP contribution in [0.4, 0.5) is 0 Å². The van der Waals surface area contributed by atoms with Crippen molar-refractivity contribution in [3.8, 4) is 0 Å². The highest BCUT2D eigenvalue weighted by atomic mass is 32.2. The fourth-order valence-electron chi connectivity index (χ4n) is 2.05. The lowest BCUT2D eigenvalue weighted by Gasteiger charge is -2.38. The Morgan fingerprint density at radius 1 is 1.56 bits per heavy atom. The Hall–Kier alpha value is -0.920. The summed E-state index contributed by atoms with van der Waals surface area (Å²) >= 11 is 0. The van der Waals surface area contributed by atoms with E-state index in [0.717, 1.165) is 12.8 Å². The molecule has 1 fully saturated rings. The number of hydrogen-bond donors (Lipinski definition) is 2. The molecule has 0 atom stereocenters. The lowest BCUT2D eigenvalue weighted by atomic mass is 9.71. The van der Waals surface area contributed by atoms with Crippen LogP contribution in [0.15, 0.2) is 17.3 Å². The number of nitrogens with two attached hydrogens (primary N) is 1. The summed E-state index contributed by atoms with van der Waals surface area (Å²) in [6.45, 7) is 3.56. The number of hydrogen-bond acceptors (Lipinski definition) is 4. The largest absolute Gasteiger partial charge is 0.329 e. The fraction of sp³-hybridized carbons (Fsp3) is 0.727. The summed E-state index contributed by atoms with van der Waals surface area (Å²) in [5, 5.41) is 3.97. The van der Waals surface area contributed by atoms with Crippen molar-refractivity contribution in [1.82, 2.24) is 14.5 Å². The molecular weight excluding hydrogens is 252 g/mol. The second kappa shape index (κ2) is 4.99.